The Hall–Kier alpha value is -3.56. The molecule has 0 atom stereocenters. The number of fused-ring (bicyclic) bond motifs is 1. The van der Waals surface area contributed by atoms with E-state index < -0.39 is 30.2 Å². The van der Waals surface area contributed by atoms with Crippen molar-refractivity contribution in [3.63, 3.8) is 0 Å². The molecule has 0 aliphatic carbocycles. The Bertz CT molecular complexity index is 1180. The Morgan fingerprint density at radius 2 is 1.46 bits per heavy atom. The molecule has 8 nitrogen and oxygen atoms in total. The maximum absolute atomic E-state index is 13.6. The zero-order chi connectivity index (χ0) is 20.4. The van der Waals surface area contributed by atoms with Gasteiger partial charge in [0.25, 0.3) is 0 Å². The Labute approximate surface area is 156 Å². The van der Waals surface area contributed by atoms with Crippen molar-refractivity contribution < 1.29 is 8.78 Å². The zero-order valence-corrected chi connectivity index (χ0v) is 14.8. The molecule has 0 saturated carbocycles. The monoisotopic (exact) mass is 389 g/mol. The zero-order valence-electron chi connectivity index (χ0n) is 14.8. The Kier molecular flexibility index (Phi) is 5.21. The van der Waals surface area contributed by atoms with Crippen molar-refractivity contribution in [1.29, 1.82) is 0 Å². The van der Waals surface area contributed by atoms with Crippen LogP contribution in [0.4, 0.5) is 8.78 Å². The van der Waals surface area contributed by atoms with E-state index in [9.17, 15) is 23.2 Å². The molecule has 3 rings (SSSR count). The van der Waals surface area contributed by atoms with Gasteiger partial charge in [0.15, 0.2) is 0 Å². The van der Waals surface area contributed by atoms with Gasteiger partial charge in [-0.1, -0.05) is 24.3 Å². The summed E-state index contributed by atoms with van der Waals surface area (Å²) in [7, 11) is 0. The summed E-state index contributed by atoms with van der Waals surface area (Å²) in [6, 6.07) is 6.24. The van der Waals surface area contributed by atoms with E-state index in [4.69, 9.17) is 0 Å². The van der Waals surface area contributed by atoms with Gasteiger partial charge in [-0.3, -0.25) is 4.57 Å². The first kappa shape index (κ1) is 19.2. The summed E-state index contributed by atoms with van der Waals surface area (Å²) in [4.78, 5) is 41.9. The first-order valence-corrected chi connectivity index (χ1v) is 8.31. The van der Waals surface area contributed by atoms with E-state index in [2.05, 4.69) is 18.1 Å². The van der Waals surface area contributed by atoms with Crippen LogP contribution in [0.15, 0.2) is 64.0 Å². The standard InChI is InChI=1S/C18H17F2N5O3/c1-3-9-22-16(26)23(10-4-2)18(28)24(17(22)27)11-14-21-12-7-5-6-8-13(12)25(14)15(19)20/h3-8,15H,1-2,9-11H2. The molecule has 0 fully saturated rings. The average molecular weight is 389 g/mol. The number of aromatic nitrogens is 5. The molecule has 0 N–H and O–H groups in total. The third kappa shape index (κ3) is 3.13. The van der Waals surface area contributed by atoms with Gasteiger partial charge in [-0.15, -0.1) is 13.2 Å². The molecule has 2 heterocycles. The molecule has 1 aromatic carbocycles. The highest BCUT2D eigenvalue weighted by molar-refractivity contribution is 5.75. The second kappa shape index (κ2) is 7.59. The number of imidazole rings is 1. The molecule has 10 heteroatoms. The molecule has 0 aliphatic heterocycles. The summed E-state index contributed by atoms with van der Waals surface area (Å²) in [5.41, 5.74) is -2.21. The maximum Gasteiger partial charge on any atom is 0.337 e. The van der Waals surface area contributed by atoms with Crippen LogP contribution in [0.2, 0.25) is 0 Å². The van der Waals surface area contributed by atoms with Gasteiger partial charge in [-0.25, -0.2) is 33.1 Å². The first-order chi connectivity index (χ1) is 13.4. The molecule has 0 spiro atoms. The molecule has 3 aromatic rings. The van der Waals surface area contributed by atoms with Crippen molar-refractivity contribution in [2.75, 3.05) is 0 Å². The van der Waals surface area contributed by atoms with Crippen LogP contribution in [0.5, 0.6) is 0 Å². The minimum absolute atomic E-state index is 0.139. The average Bonchev–Trinajstić information content (AvgIpc) is 3.04. The lowest BCUT2D eigenvalue weighted by atomic mass is 10.3. The highest BCUT2D eigenvalue weighted by Gasteiger charge is 2.21. The highest BCUT2D eigenvalue weighted by Crippen LogP contribution is 2.23. The summed E-state index contributed by atoms with van der Waals surface area (Å²) < 4.78 is 30.2. The molecular weight excluding hydrogens is 372 g/mol. The number of rotatable bonds is 7. The lowest BCUT2D eigenvalue weighted by molar-refractivity contribution is 0.0710. The fraction of sp³-hybridized carbons (Fsp3) is 0.222. The second-order valence-electron chi connectivity index (χ2n) is 5.90. The number of hydrogen-bond donors (Lipinski definition) is 0. The predicted molar refractivity (Wildman–Crippen MR) is 99.7 cm³/mol. The van der Waals surface area contributed by atoms with Gasteiger partial charge < -0.3 is 0 Å². The van der Waals surface area contributed by atoms with E-state index >= 15 is 0 Å². The van der Waals surface area contributed by atoms with Gasteiger partial charge in [0, 0.05) is 0 Å². The number of para-hydroxylation sites is 2. The van der Waals surface area contributed by atoms with Crippen LogP contribution >= 0.6 is 0 Å². The normalized spacial score (nSPS) is 11.2. The number of allylic oxidation sites excluding steroid dienone is 2. The van der Waals surface area contributed by atoms with Crippen LogP contribution in [0.3, 0.4) is 0 Å². The Balaban J connectivity index is 2.27. The van der Waals surface area contributed by atoms with E-state index in [0.717, 1.165) is 9.13 Å². The fourth-order valence-electron chi connectivity index (χ4n) is 2.95. The third-order valence-electron chi connectivity index (χ3n) is 4.17. The number of halogens is 2. The van der Waals surface area contributed by atoms with Crippen LogP contribution < -0.4 is 17.1 Å². The van der Waals surface area contributed by atoms with Gasteiger partial charge in [-0.2, -0.15) is 8.78 Å². The summed E-state index contributed by atoms with van der Waals surface area (Å²) in [5, 5.41) is 0. The van der Waals surface area contributed by atoms with Crippen molar-refractivity contribution in [1.82, 2.24) is 23.3 Å². The predicted octanol–water partition coefficient (Wildman–Crippen LogP) is 1.34. The molecule has 0 amide bonds. The van der Waals surface area contributed by atoms with Crippen LogP contribution in [-0.4, -0.2) is 23.3 Å². The van der Waals surface area contributed by atoms with Crippen LogP contribution in [0.1, 0.15) is 12.4 Å². The molecule has 0 aliphatic rings. The molecule has 0 bridgehead atoms. The molecule has 28 heavy (non-hydrogen) atoms. The largest absolute Gasteiger partial charge is 0.337 e. The third-order valence-corrected chi connectivity index (χ3v) is 4.17. The van der Waals surface area contributed by atoms with Crippen molar-refractivity contribution in [2.24, 2.45) is 0 Å². The summed E-state index contributed by atoms with van der Waals surface area (Å²) in [6.07, 6.45) is 2.65. The van der Waals surface area contributed by atoms with E-state index in [1.165, 1.54) is 18.2 Å². The minimum Gasteiger partial charge on any atom is -0.269 e. The Morgan fingerprint density at radius 3 is 2.00 bits per heavy atom. The summed E-state index contributed by atoms with van der Waals surface area (Å²) in [6.45, 7) is 3.25. The molecule has 0 unspecified atom stereocenters. The smallest absolute Gasteiger partial charge is 0.269 e. The van der Waals surface area contributed by atoms with Gasteiger partial charge >= 0.3 is 23.6 Å². The molecule has 0 saturated heterocycles. The van der Waals surface area contributed by atoms with Gasteiger partial charge in [-0.05, 0) is 12.1 Å². The number of nitrogens with zero attached hydrogens (tertiary/aromatic N) is 5. The van der Waals surface area contributed by atoms with Crippen molar-refractivity contribution in [2.45, 2.75) is 26.2 Å². The minimum atomic E-state index is -2.92. The summed E-state index contributed by atoms with van der Waals surface area (Å²) >= 11 is 0. The SMILES string of the molecule is C=CCn1c(=O)n(CC=C)c(=O)n(Cc2nc3ccccc3n2C(F)F)c1=O. The van der Waals surface area contributed by atoms with Gasteiger partial charge in [0.05, 0.1) is 30.7 Å². The molecular formula is C18H17F2N5O3. The lowest BCUT2D eigenvalue weighted by Gasteiger charge is -2.13. The van der Waals surface area contributed by atoms with Crippen LogP contribution in [0.25, 0.3) is 11.0 Å². The molecule has 2 aromatic heterocycles. The lowest BCUT2D eigenvalue weighted by Crippen LogP contribution is -2.54. The highest BCUT2D eigenvalue weighted by atomic mass is 19.3. The number of benzene rings is 1. The quantitative estimate of drug-likeness (QED) is 0.571. The number of hydrogen-bond acceptors (Lipinski definition) is 4. The van der Waals surface area contributed by atoms with Crippen molar-refractivity contribution in [3.8, 4) is 0 Å². The summed E-state index contributed by atoms with van der Waals surface area (Å²) in [5.74, 6) is -0.177. The van der Waals surface area contributed by atoms with Crippen LogP contribution in [0, 0.1) is 0 Å². The van der Waals surface area contributed by atoms with E-state index in [1.807, 2.05) is 0 Å². The van der Waals surface area contributed by atoms with Gasteiger partial charge in [0.1, 0.15) is 5.82 Å². The van der Waals surface area contributed by atoms with Crippen molar-refractivity contribution >= 4 is 11.0 Å². The maximum atomic E-state index is 13.6. The Morgan fingerprint density at radius 1 is 0.929 bits per heavy atom. The molecule has 146 valence electrons. The van der Waals surface area contributed by atoms with Crippen molar-refractivity contribution in [3.05, 3.63) is 86.9 Å². The molecule has 0 radical (unpaired) electrons. The van der Waals surface area contributed by atoms with E-state index in [0.29, 0.717) is 14.7 Å². The fourth-order valence-corrected chi connectivity index (χ4v) is 2.95. The van der Waals surface area contributed by atoms with Crippen LogP contribution in [-0.2, 0) is 19.6 Å². The van der Waals surface area contributed by atoms with E-state index in [1.54, 1.807) is 18.2 Å². The first-order valence-electron chi connectivity index (χ1n) is 8.31. The second-order valence-corrected chi connectivity index (χ2v) is 5.90. The van der Waals surface area contributed by atoms with E-state index in [-0.39, 0.29) is 24.4 Å². The van der Waals surface area contributed by atoms with Gasteiger partial charge in [0.2, 0.25) is 0 Å². The number of alkyl halides is 2. The topological polar surface area (TPSA) is 83.8 Å².